The summed E-state index contributed by atoms with van der Waals surface area (Å²) in [5, 5.41) is 13.0. The molecule has 4 aliphatic rings. The van der Waals surface area contributed by atoms with Crippen LogP contribution in [0.5, 0.6) is 11.5 Å². The molecule has 2 aliphatic heterocycles. The number of anilines is 2. The van der Waals surface area contributed by atoms with E-state index in [1.54, 1.807) is 48.5 Å². The first-order valence-electron chi connectivity index (χ1n) is 17.3. The summed E-state index contributed by atoms with van der Waals surface area (Å²) in [4.78, 5) is 60.0. The minimum Gasteiger partial charge on any atom is -0.508 e. The predicted octanol–water partition coefficient (Wildman–Crippen LogP) is 6.95. The molecule has 2 aliphatic carbocycles. The van der Waals surface area contributed by atoms with Crippen LogP contribution in [0.3, 0.4) is 0 Å². The van der Waals surface area contributed by atoms with Crippen LogP contribution in [-0.2, 0) is 31.0 Å². The van der Waals surface area contributed by atoms with E-state index in [9.17, 15) is 23.9 Å². The second-order valence-electron chi connectivity index (χ2n) is 13.8. The number of aryl methyl sites for hydroxylation is 1. The molecular weight excluding hydrogens is 685 g/mol. The van der Waals surface area contributed by atoms with Crippen molar-refractivity contribution in [3.05, 3.63) is 130 Å². The Balaban J connectivity index is 1.34. The van der Waals surface area contributed by atoms with Crippen LogP contribution in [0.4, 0.5) is 15.8 Å². The van der Waals surface area contributed by atoms with Crippen molar-refractivity contribution in [2.45, 2.75) is 37.5 Å². The number of phenols is 1. The van der Waals surface area contributed by atoms with Gasteiger partial charge in [-0.25, -0.2) is 4.39 Å². The Morgan fingerprint density at radius 2 is 1.62 bits per heavy atom. The molecule has 0 spiro atoms. The van der Waals surface area contributed by atoms with Crippen molar-refractivity contribution in [3.63, 3.8) is 0 Å². The van der Waals surface area contributed by atoms with E-state index in [-0.39, 0.29) is 41.7 Å². The average molecular weight is 720 g/mol. The number of nitrogens with zero attached hydrogens (tertiary/aromatic N) is 2. The second-order valence-corrected chi connectivity index (χ2v) is 14.2. The van der Waals surface area contributed by atoms with Crippen LogP contribution < -0.4 is 15.1 Å². The number of benzene rings is 4. The van der Waals surface area contributed by atoms with E-state index >= 15 is 4.79 Å². The summed E-state index contributed by atoms with van der Waals surface area (Å²) in [6.45, 7) is 2.03. The Morgan fingerprint density at radius 1 is 0.904 bits per heavy atom. The molecule has 4 aromatic rings. The number of hydrazine groups is 1. The lowest BCUT2D eigenvalue weighted by Crippen LogP contribution is -2.53. The monoisotopic (exact) mass is 719 g/mol. The van der Waals surface area contributed by atoms with Gasteiger partial charge in [-0.1, -0.05) is 60.5 Å². The second kappa shape index (κ2) is 12.6. The SMILES string of the molecule is CCc1ccc(N2C(=O)C3CC=C4C(CC5C(=O)N(Nc6ccc(F)cc6)C(=O)C5(c5ccc(Cl)cc5)C4c4c(O)cccc4OC)C3C2=O)cc1. The normalized spacial score (nSPS) is 26.5. The summed E-state index contributed by atoms with van der Waals surface area (Å²) < 4.78 is 19.7. The number of fused-ring (bicyclic) bond motifs is 4. The first kappa shape index (κ1) is 33.7. The zero-order chi connectivity index (χ0) is 36.5. The summed E-state index contributed by atoms with van der Waals surface area (Å²) in [6, 6.07) is 24.1. The van der Waals surface area contributed by atoms with Gasteiger partial charge in [0.2, 0.25) is 11.8 Å². The maximum absolute atomic E-state index is 15.3. The lowest BCUT2D eigenvalue weighted by Gasteiger charge is -2.50. The number of phenolic OH excluding ortho intramolecular Hbond substituents is 1. The fourth-order valence-electron chi connectivity index (χ4n) is 9.10. The smallest absolute Gasteiger partial charge is 0.260 e. The average Bonchev–Trinajstić information content (AvgIpc) is 3.53. The molecule has 2 N–H and O–H groups in total. The van der Waals surface area contributed by atoms with Crippen LogP contribution in [0.2, 0.25) is 5.02 Å². The number of hydrogen-bond acceptors (Lipinski definition) is 7. The fraction of sp³-hybridized carbons (Fsp3) is 0.268. The molecule has 6 atom stereocenters. The topological polar surface area (TPSA) is 116 Å². The maximum atomic E-state index is 15.3. The van der Waals surface area contributed by atoms with Crippen molar-refractivity contribution >= 4 is 46.6 Å². The highest BCUT2D eigenvalue weighted by molar-refractivity contribution is 6.30. The fourth-order valence-corrected chi connectivity index (χ4v) is 9.23. The van der Waals surface area contributed by atoms with Gasteiger partial charge in [-0.05, 0) is 97.0 Å². The number of aromatic hydroxyl groups is 1. The van der Waals surface area contributed by atoms with E-state index in [4.69, 9.17) is 16.3 Å². The molecule has 2 heterocycles. The summed E-state index contributed by atoms with van der Waals surface area (Å²) in [6.07, 6.45) is 3.00. The largest absolute Gasteiger partial charge is 0.508 e. The number of imide groups is 2. The molecule has 8 rings (SSSR count). The quantitative estimate of drug-likeness (QED) is 0.157. The van der Waals surface area contributed by atoms with E-state index in [1.807, 2.05) is 25.1 Å². The molecule has 9 nitrogen and oxygen atoms in total. The van der Waals surface area contributed by atoms with Gasteiger partial charge in [0.05, 0.1) is 41.7 Å². The van der Waals surface area contributed by atoms with Crippen LogP contribution in [-0.4, -0.2) is 40.9 Å². The minimum absolute atomic E-state index is 0.0653. The number of allylic oxidation sites excluding steroid dienone is 2. The van der Waals surface area contributed by atoms with Gasteiger partial charge in [-0.3, -0.25) is 29.5 Å². The summed E-state index contributed by atoms with van der Waals surface area (Å²) in [7, 11) is 1.46. The molecule has 6 unspecified atom stereocenters. The molecule has 0 aromatic heterocycles. The molecule has 1 saturated carbocycles. The maximum Gasteiger partial charge on any atom is 0.260 e. The van der Waals surface area contributed by atoms with Crippen molar-refractivity contribution in [1.82, 2.24) is 5.01 Å². The minimum atomic E-state index is -1.66. The van der Waals surface area contributed by atoms with Gasteiger partial charge in [-0.15, -0.1) is 0 Å². The molecule has 4 aromatic carbocycles. The zero-order valence-corrected chi connectivity index (χ0v) is 29.1. The standard InChI is InChI=1S/C41H35ClFN3O6/c1-3-22-7-17-27(18-8-22)45-37(48)29-20-19-28-30(34(29)39(45)50)21-31-38(49)46(44-26-15-13-25(43)14-16-26)40(51)41(31,23-9-11-24(42)12-10-23)36(28)35-32(47)5-4-6-33(35)52-2/h4-19,29-31,34,36,44,47H,3,20-21H2,1-2H3. The van der Waals surface area contributed by atoms with Crippen LogP contribution in [0.25, 0.3) is 0 Å². The van der Waals surface area contributed by atoms with Crippen LogP contribution in [0, 0.1) is 29.5 Å². The van der Waals surface area contributed by atoms with E-state index in [0.717, 1.165) is 17.0 Å². The summed E-state index contributed by atoms with van der Waals surface area (Å²) in [5.74, 6) is -6.40. The Bertz CT molecular complexity index is 2150. The highest BCUT2D eigenvalue weighted by Gasteiger charge is 2.71. The molecule has 4 amide bonds. The Hall–Kier alpha value is -5.48. The lowest BCUT2D eigenvalue weighted by atomic mass is 9.49. The van der Waals surface area contributed by atoms with E-state index < -0.39 is 52.6 Å². The van der Waals surface area contributed by atoms with Gasteiger partial charge in [0, 0.05) is 16.5 Å². The van der Waals surface area contributed by atoms with Gasteiger partial charge in [0.25, 0.3) is 11.8 Å². The highest BCUT2D eigenvalue weighted by Crippen LogP contribution is 2.66. The third kappa shape index (κ3) is 4.87. The first-order chi connectivity index (χ1) is 25.1. The molecule has 52 heavy (non-hydrogen) atoms. The Labute approximate surface area is 304 Å². The van der Waals surface area contributed by atoms with Crippen LogP contribution in [0.15, 0.2) is 103 Å². The number of methoxy groups -OCH3 is 1. The van der Waals surface area contributed by atoms with E-state index in [2.05, 4.69) is 5.43 Å². The van der Waals surface area contributed by atoms with Gasteiger partial charge in [0.1, 0.15) is 17.3 Å². The number of amides is 4. The molecule has 3 fully saturated rings. The Kier molecular flexibility index (Phi) is 8.17. The molecule has 2 saturated heterocycles. The number of carbonyl (C=O) groups is 4. The predicted molar refractivity (Wildman–Crippen MR) is 192 cm³/mol. The number of ether oxygens (including phenoxy) is 1. The summed E-state index contributed by atoms with van der Waals surface area (Å²) in [5.41, 5.74) is 4.56. The lowest BCUT2D eigenvalue weighted by molar-refractivity contribution is -0.138. The highest BCUT2D eigenvalue weighted by atomic mass is 35.5. The number of rotatable bonds is 7. The third-order valence-corrected chi connectivity index (χ3v) is 11.7. The van der Waals surface area contributed by atoms with Crippen molar-refractivity contribution in [3.8, 4) is 11.5 Å². The van der Waals surface area contributed by atoms with Crippen molar-refractivity contribution in [2.24, 2.45) is 23.7 Å². The van der Waals surface area contributed by atoms with Gasteiger partial charge >= 0.3 is 0 Å². The molecule has 0 bridgehead atoms. The Morgan fingerprint density at radius 3 is 2.29 bits per heavy atom. The number of carbonyl (C=O) groups excluding carboxylic acids is 4. The number of halogens is 2. The molecule has 264 valence electrons. The summed E-state index contributed by atoms with van der Waals surface area (Å²) >= 11 is 6.36. The third-order valence-electron chi connectivity index (χ3n) is 11.4. The number of nitrogens with one attached hydrogen (secondary N) is 1. The van der Waals surface area contributed by atoms with Crippen molar-refractivity contribution in [2.75, 3.05) is 17.4 Å². The van der Waals surface area contributed by atoms with Crippen LogP contribution >= 0.6 is 11.6 Å². The number of hydrogen-bond donors (Lipinski definition) is 2. The van der Waals surface area contributed by atoms with Gasteiger partial charge < -0.3 is 9.84 Å². The van der Waals surface area contributed by atoms with Crippen molar-refractivity contribution in [1.29, 1.82) is 0 Å². The van der Waals surface area contributed by atoms with Gasteiger partial charge in [0.15, 0.2) is 0 Å². The van der Waals surface area contributed by atoms with Crippen molar-refractivity contribution < 1.29 is 33.4 Å². The molecule has 0 radical (unpaired) electrons. The van der Waals surface area contributed by atoms with E-state index in [0.29, 0.717) is 27.5 Å². The van der Waals surface area contributed by atoms with Gasteiger partial charge in [-0.2, -0.15) is 5.01 Å². The van der Waals surface area contributed by atoms with Crippen LogP contribution in [0.1, 0.15) is 42.4 Å². The zero-order valence-electron chi connectivity index (χ0n) is 28.4. The molecule has 11 heteroatoms. The molecular formula is C41H35ClFN3O6. The first-order valence-corrected chi connectivity index (χ1v) is 17.7. The van der Waals surface area contributed by atoms with E-state index in [1.165, 1.54) is 42.3 Å².